The summed E-state index contributed by atoms with van der Waals surface area (Å²) in [6.45, 7) is 0.272. The maximum absolute atomic E-state index is 12.4. The van der Waals surface area contributed by atoms with E-state index in [1.54, 1.807) is 0 Å². The molecular weight excluding hydrogens is 366 g/mol. The summed E-state index contributed by atoms with van der Waals surface area (Å²) < 4.78 is 9.77. The second-order valence-electron chi connectivity index (χ2n) is 5.41. The van der Waals surface area contributed by atoms with Gasteiger partial charge in [0.2, 0.25) is 5.91 Å². The summed E-state index contributed by atoms with van der Waals surface area (Å²) in [6.07, 6.45) is -5.56. The molecule has 13 nitrogen and oxygen atoms in total. The molecule has 0 bridgehead atoms. The van der Waals surface area contributed by atoms with Gasteiger partial charge in [-0.3, -0.25) is 14.6 Å². The number of hydrogen-bond donors (Lipinski definition) is 7. The fourth-order valence-corrected chi connectivity index (χ4v) is 2.10. The minimum Gasteiger partial charge on any atom is -0.461 e. The lowest BCUT2D eigenvalue weighted by atomic mass is 10.1. The minimum atomic E-state index is -1.56. The van der Waals surface area contributed by atoms with Gasteiger partial charge in [-0.05, 0) is 6.92 Å². The topological polar surface area (TPSA) is 233 Å². The van der Waals surface area contributed by atoms with Gasteiger partial charge in [0.25, 0.3) is 5.91 Å². The molecule has 0 spiro atoms. The van der Waals surface area contributed by atoms with Crippen LogP contribution in [0.4, 0.5) is 0 Å². The molecule has 0 aromatic carbocycles. The molecule has 152 valence electrons. The van der Waals surface area contributed by atoms with E-state index in [1.807, 2.05) is 0 Å². The minimum absolute atomic E-state index is 0.00465. The lowest BCUT2D eigenvalue weighted by Gasteiger charge is -2.17. The fourth-order valence-electron chi connectivity index (χ4n) is 2.10. The average molecular weight is 389 g/mol. The first kappa shape index (κ1) is 22.3. The molecule has 0 saturated carbocycles. The van der Waals surface area contributed by atoms with Crippen LogP contribution in [0, 0.1) is 0 Å². The molecule has 27 heavy (non-hydrogen) atoms. The van der Waals surface area contributed by atoms with Gasteiger partial charge in [0.1, 0.15) is 36.3 Å². The second kappa shape index (κ2) is 9.82. The van der Waals surface area contributed by atoms with Gasteiger partial charge in [-0.25, -0.2) is 4.79 Å². The highest BCUT2D eigenvalue weighted by Crippen LogP contribution is 2.19. The smallest absolute Gasteiger partial charge is 0.356 e. The predicted molar refractivity (Wildman–Crippen MR) is 89.4 cm³/mol. The van der Waals surface area contributed by atoms with E-state index in [1.165, 1.54) is 6.92 Å². The van der Waals surface area contributed by atoms with Crippen molar-refractivity contribution in [3.05, 3.63) is 11.4 Å². The fraction of sp³-hybridized carbons (Fsp3) is 0.571. The highest BCUT2D eigenvalue weighted by molar-refractivity contribution is 6.45. The number of primary amides is 1. The van der Waals surface area contributed by atoms with Crippen LogP contribution in [-0.2, 0) is 23.9 Å². The normalized spacial score (nSPS) is 26.3. The third-order valence-electron chi connectivity index (χ3n) is 3.46. The molecule has 0 aromatic heterocycles. The van der Waals surface area contributed by atoms with E-state index in [-0.39, 0.29) is 6.61 Å². The third kappa shape index (κ3) is 5.62. The van der Waals surface area contributed by atoms with Crippen molar-refractivity contribution < 1.29 is 39.2 Å². The summed E-state index contributed by atoms with van der Waals surface area (Å²) in [6, 6.07) is 0. The highest BCUT2D eigenvalue weighted by atomic mass is 16.6. The summed E-state index contributed by atoms with van der Waals surface area (Å²) in [4.78, 5) is 38.7. The number of nitrogens with two attached hydrogens (primary N) is 3. The molecule has 1 heterocycles. The van der Waals surface area contributed by atoms with E-state index >= 15 is 0 Å². The Bertz CT molecular complexity index is 649. The molecule has 10 N–H and O–H groups in total. The molecule has 1 aliphatic heterocycles. The molecule has 2 amide bonds. The average Bonchev–Trinajstić information content (AvgIpc) is 2.88. The van der Waals surface area contributed by atoms with E-state index in [2.05, 4.69) is 15.0 Å². The van der Waals surface area contributed by atoms with Gasteiger partial charge in [0.15, 0.2) is 6.23 Å². The van der Waals surface area contributed by atoms with Crippen molar-refractivity contribution in [2.75, 3.05) is 19.8 Å². The zero-order chi connectivity index (χ0) is 20.7. The molecule has 4 atom stereocenters. The molecule has 1 rings (SSSR count). The number of esters is 1. The van der Waals surface area contributed by atoms with Gasteiger partial charge in [-0.15, -0.1) is 0 Å². The summed E-state index contributed by atoms with van der Waals surface area (Å²) in [5.41, 5.74) is 14.4. The summed E-state index contributed by atoms with van der Waals surface area (Å²) >= 11 is 0. The summed E-state index contributed by atoms with van der Waals surface area (Å²) in [5, 5.41) is 30.8. The van der Waals surface area contributed by atoms with Gasteiger partial charge in [0, 0.05) is 0 Å². The quantitative estimate of drug-likeness (QED) is 0.119. The van der Waals surface area contributed by atoms with Crippen molar-refractivity contribution >= 4 is 23.5 Å². The standard InChI is InChI=1S/C14H23N5O8/c1-2-26-14(25)8(17)7(16)9(18-3-6(15)21)12(24)19-13-11(23)10(22)5(4-20)27-13/h5,10-11,13,20,22-23H,2-4,16-17H2,1H3,(H2,15,21)(H,19,24). The van der Waals surface area contributed by atoms with Crippen molar-refractivity contribution in [1.82, 2.24) is 5.32 Å². The Kier molecular flexibility index (Phi) is 8.11. The molecule has 0 aliphatic carbocycles. The van der Waals surface area contributed by atoms with E-state index in [4.69, 9.17) is 27.0 Å². The van der Waals surface area contributed by atoms with Crippen LogP contribution >= 0.6 is 0 Å². The lowest BCUT2D eigenvalue weighted by Crippen LogP contribution is -2.47. The van der Waals surface area contributed by atoms with Crippen molar-refractivity contribution in [3.8, 4) is 0 Å². The number of aliphatic hydroxyl groups is 3. The molecular formula is C14H23N5O8. The molecule has 1 fully saturated rings. The first-order valence-electron chi connectivity index (χ1n) is 7.82. The van der Waals surface area contributed by atoms with Crippen molar-refractivity contribution in [3.63, 3.8) is 0 Å². The predicted octanol–water partition coefficient (Wildman–Crippen LogP) is -4.84. The maximum Gasteiger partial charge on any atom is 0.356 e. The Hall–Kier alpha value is -2.74. The second-order valence-corrected chi connectivity index (χ2v) is 5.41. The Morgan fingerprint density at radius 2 is 1.78 bits per heavy atom. The lowest BCUT2D eigenvalue weighted by molar-refractivity contribution is -0.138. The SMILES string of the molecule is CCOC(=O)C(N)=C(N)C(=NCC(N)=O)C(=O)NC1OC(CO)C(O)C1O. The zero-order valence-electron chi connectivity index (χ0n) is 14.5. The highest BCUT2D eigenvalue weighted by Gasteiger charge is 2.43. The number of ether oxygens (including phenoxy) is 2. The van der Waals surface area contributed by atoms with Gasteiger partial charge in [-0.2, -0.15) is 0 Å². The van der Waals surface area contributed by atoms with Crippen LogP contribution in [0.2, 0.25) is 0 Å². The van der Waals surface area contributed by atoms with E-state index in [0.717, 1.165) is 0 Å². The number of carbonyl (C=O) groups is 3. The van der Waals surface area contributed by atoms with Crippen LogP contribution in [0.3, 0.4) is 0 Å². The largest absolute Gasteiger partial charge is 0.461 e. The molecule has 1 aliphatic rings. The van der Waals surface area contributed by atoms with Gasteiger partial charge < -0.3 is 47.3 Å². The van der Waals surface area contributed by atoms with Gasteiger partial charge in [0.05, 0.1) is 18.9 Å². The number of nitrogens with zero attached hydrogens (tertiary/aromatic N) is 1. The summed E-state index contributed by atoms with van der Waals surface area (Å²) in [5.74, 6) is -2.98. The van der Waals surface area contributed by atoms with Crippen molar-refractivity contribution in [2.24, 2.45) is 22.2 Å². The number of aliphatic hydroxyl groups excluding tert-OH is 3. The number of hydrogen-bond acceptors (Lipinski definition) is 11. The van der Waals surface area contributed by atoms with Gasteiger partial charge >= 0.3 is 5.97 Å². The Balaban J connectivity index is 3.09. The maximum atomic E-state index is 12.4. The van der Waals surface area contributed by atoms with Crippen LogP contribution < -0.4 is 22.5 Å². The first-order chi connectivity index (χ1) is 12.6. The monoisotopic (exact) mass is 389 g/mol. The number of aliphatic imine (C=N–C) groups is 1. The molecule has 0 radical (unpaired) electrons. The van der Waals surface area contributed by atoms with E-state index < -0.39 is 72.6 Å². The Labute approximate surface area is 153 Å². The van der Waals surface area contributed by atoms with Crippen molar-refractivity contribution in [1.29, 1.82) is 0 Å². The van der Waals surface area contributed by atoms with Crippen molar-refractivity contribution in [2.45, 2.75) is 31.5 Å². The van der Waals surface area contributed by atoms with E-state index in [0.29, 0.717) is 0 Å². The van der Waals surface area contributed by atoms with Crippen LogP contribution in [0.15, 0.2) is 16.4 Å². The van der Waals surface area contributed by atoms with Gasteiger partial charge in [-0.1, -0.05) is 0 Å². The van der Waals surface area contributed by atoms with Crippen LogP contribution in [-0.4, -0.2) is 83.1 Å². The molecule has 1 saturated heterocycles. The summed E-state index contributed by atoms with van der Waals surface area (Å²) in [7, 11) is 0. The first-order valence-corrected chi connectivity index (χ1v) is 7.82. The van der Waals surface area contributed by atoms with Crippen LogP contribution in [0.1, 0.15) is 6.92 Å². The molecule has 13 heteroatoms. The van der Waals surface area contributed by atoms with Crippen LogP contribution in [0.25, 0.3) is 0 Å². The molecule has 4 unspecified atom stereocenters. The Morgan fingerprint density at radius 3 is 2.26 bits per heavy atom. The zero-order valence-corrected chi connectivity index (χ0v) is 14.5. The Morgan fingerprint density at radius 1 is 1.15 bits per heavy atom. The van der Waals surface area contributed by atoms with Crippen LogP contribution in [0.5, 0.6) is 0 Å². The van der Waals surface area contributed by atoms with E-state index in [9.17, 15) is 24.6 Å². The number of carbonyl (C=O) groups excluding carboxylic acids is 3. The number of nitrogens with one attached hydrogen (secondary N) is 1. The molecule has 0 aromatic rings. The number of amides is 2. The third-order valence-corrected chi connectivity index (χ3v) is 3.46. The number of rotatable bonds is 8.